The summed E-state index contributed by atoms with van der Waals surface area (Å²) >= 11 is 3.59. The minimum Gasteiger partial charge on any atom is -0.388 e. The van der Waals surface area contributed by atoms with Crippen LogP contribution in [-0.2, 0) is 0 Å². The molecule has 1 aromatic carbocycles. The molecule has 0 heterocycles. The lowest BCUT2D eigenvalue weighted by Gasteiger charge is -2.27. The van der Waals surface area contributed by atoms with Crippen molar-refractivity contribution in [1.82, 2.24) is 0 Å². The molecule has 0 amide bonds. The Kier molecular flexibility index (Phi) is 4.04. The van der Waals surface area contributed by atoms with Gasteiger partial charge in [-0.3, -0.25) is 0 Å². The van der Waals surface area contributed by atoms with E-state index in [1.165, 1.54) is 37.7 Å². The van der Waals surface area contributed by atoms with Crippen LogP contribution in [0.3, 0.4) is 0 Å². The Morgan fingerprint density at radius 2 is 1.94 bits per heavy atom. The largest absolute Gasteiger partial charge is 0.388 e. The molecule has 0 bridgehead atoms. The number of halogens is 1. The Labute approximate surface area is 106 Å². The zero-order valence-corrected chi connectivity index (χ0v) is 11.3. The summed E-state index contributed by atoms with van der Waals surface area (Å²) in [5.74, 6) is 0.451. The average molecular weight is 283 g/mol. The van der Waals surface area contributed by atoms with E-state index in [0.29, 0.717) is 5.92 Å². The van der Waals surface area contributed by atoms with Crippen molar-refractivity contribution in [3.63, 3.8) is 0 Å². The van der Waals surface area contributed by atoms with Crippen molar-refractivity contribution >= 4 is 15.9 Å². The molecule has 1 N–H and O–H groups in total. The SMILES string of the molecule is Cc1cccc(C(O)C2CCCCC2)c1Br. The maximum absolute atomic E-state index is 10.4. The van der Waals surface area contributed by atoms with E-state index < -0.39 is 0 Å². The lowest BCUT2D eigenvalue weighted by Crippen LogP contribution is -2.16. The molecule has 2 heteroatoms. The second-order valence-corrected chi connectivity index (χ2v) is 5.61. The summed E-state index contributed by atoms with van der Waals surface area (Å²) in [4.78, 5) is 0. The van der Waals surface area contributed by atoms with Gasteiger partial charge in [-0.15, -0.1) is 0 Å². The molecule has 1 saturated carbocycles. The fraction of sp³-hybridized carbons (Fsp3) is 0.571. The summed E-state index contributed by atoms with van der Waals surface area (Å²) in [6, 6.07) is 6.14. The van der Waals surface area contributed by atoms with Crippen LogP contribution in [0.1, 0.15) is 49.3 Å². The molecule has 2 rings (SSSR count). The first-order valence-corrected chi connectivity index (χ1v) is 6.92. The highest BCUT2D eigenvalue weighted by molar-refractivity contribution is 9.10. The van der Waals surface area contributed by atoms with Gasteiger partial charge in [-0.05, 0) is 36.8 Å². The first-order chi connectivity index (χ1) is 7.70. The molecule has 0 saturated heterocycles. The topological polar surface area (TPSA) is 20.2 Å². The number of rotatable bonds is 2. The number of hydrogen-bond acceptors (Lipinski definition) is 1. The highest BCUT2D eigenvalue weighted by Gasteiger charge is 2.24. The molecule has 1 aliphatic rings. The smallest absolute Gasteiger partial charge is 0.0829 e. The van der Waals surface area contributed by atoms with E-state index in [9.17, 15) is 5.11 Å². The summed E-state index contributed by atoms with van der Waals surface area (Å²) in [7, 11) is 0. The minimum absolute atomic E-state index is 0.297. The van der Waals surface area contributed by atoms with E-state index in [1.54, 1.807) is 0 Å². The zero-order chi connectivity index (χ0) is 11.5. The van der Waals surface area contributed by atoms with Crippen LogP contribution in [0.2, 0.25) is 0 Å². The average Bonchev–Trinajstić information content (AvgIpc) is 2.33. The fourth-order valence-electron chi connectivity index (χ4n) is 2.60. The van der Waals surface area contributed by atoms with Crippen LogP contribution in [0, 0.1) is 12.8 Å². The predicted octanol–water partition coefficient (Wildman–Crippen LogP) is 4.37. The van der Waals surface area contributed by atoms with E-state index >= 15 is 0 Å². The van der Waals surface area contributed by atoms with Gasteiger partial charge >= 0.3 is 0 Å². The molecular weight excluding hydrogens is 264 g/mol. The van der Waals surface area contributed by atoms with Crippen molar-refractivity contribution in [2.75, 3.05) is 0 Å². The van der Waals surface area contributed by atoms with E-state index in [-0.39, 0.29) is 6.10 Å². The van der Waals surface area contributed by atoms with Crippen molar-refractivity contribution < 1.29 is 5.11 Å². The van der Waals surface area contributed by atoms with Crippen LogP contribution in [-0.4, -0.2) is 5.11 Å². The lowest BCUT2D eigenvalue weighted by atomic mass is 9.82. The van der Waals surface area contributed by atoms with Crippen LogP contribution in [0.25, 0.3) is 0 Å². The molecular formula is C14H19BrO. The third-order valence-electron chi connectivity index (χ3n) is 3.64. The van der Waals surface area contributed by atoms with Gasteiger partial charge in [-0.1, -0.05) is 53.4 Å². The van der Waals surface area contributed by atoms with Crippen molar-refractivity contribution in [3.05, 3.63) is 33.8 Å². The van der Waals surface area contributed by atoms with Crippen LogP contribution < -0.4 is 0 Å². The molecule has 1 aromatic rings. The third-order valence-corrected chi connectivity index (χ3v) is 4.72. The minimum atomic E-state index is -0.297. The summed E-state index contributed by atoms with van der Waals surface area (Å²) in [6.45, 7) is 2.07. The Balaban J connectivity index is 2.19. The molecule has 1 nitrogen and oxygen atoms in total. The molecule has 1 aliphatic carbocycles. The Morgan fingerprint density at radius 3 is 2.62 bits per heavy atom. The van der Waals surface area contributed by atoms with E-state index in [0.717, 1.165) is 10.0 Å². The van der Waals surface area contributed by atoms with Gasteiger partial charge in [-0.2, -0.15) is 0 Å². The zero-order valence-electron chi connectivity index (χ0n) is 9.75. The van der Waals surface area contributed by atoms with Gasteiger partial charge in [-0.25, -0.2) is 0 Å². The molecule has 0 aliphatic heterocycles. The summed E-state index contributed by atoms with van der Waals surface area (Å²) in [6.07, 6.45) is 5.91. The van der Waals surface area contributed by atoms with Crippen molar-refractivity contribution in [3.8, 4) is 0 Å². The van der Waals surface area contributed by atoms with Gasteiger partial charge in [0.25, 0.3) is 0 Å². The van der Waals surface area contributed by atoms with Crippen LogP contribution >= 0.6 is 15.9 Å². The fourth-order valence-corrected chi connectivity index (χ4v) is 3.10. The maximum Gasteiger partial charge on any atom is 0.0829 e. The molecule has 1 fully saturated rings. The number of benzene rings is 1. The van der Waals surface area contributed by atoms with E-state index in [1.807, 2.05) is 12.1 Å². The third kappa shape index (κ3) is 2.49. The Bertz CT molecular complexity index is 356. The molecule has 0 radical (unpaired) electrons. The molecule has 1 atom stereocenters. The number of aliphatic hydroxyl groups excluding tert-OH is 1. The Hall–Kier alpha value is -0.340. The Morgan fingerprint density at radius 1 is 1.25 bits per heavy atom. The monoisotopic (exact) mass is 282 g/mol. The number of aryl methyl sites for hydroxylation is 1. The summed E-state index contributed by atoms with van der Waals surface area (Å²) in [5.41, 5.74) is 2.26. The quantitative estimate of drug-likeness (QED) is 0.854. The van der Waals surface area contributed by atoms with Crippen molar-refractivity contribution in [1.29, 1.82) is 0 Å². The first kappa shape index (κ1) is 12.1. The predicted molar refractivity (Wildman–Crippen MR) is 70.4 cm³/mol. The molecule has 1 unspecified atom stereocenters. The summed E-state index contributed by atoms with van der Waals surface area (Å²) < 4.78 is 1.08. The highest BCUT2D eigenvalue weighted by Crippen LogP contribution is 2.37. The van der Waals surface area contributed by atoms with Gasteiger partial charge in [0.2, 0.25) is 0 Å². The van der Waals surface area contributed by atoms with Gasteiger partial charge in [0.1, 0.15) is 0 Å². The van der Waals surface area contributed by atoms with Gasteiger partial charge < -0.3 is 5.11 Å². The maximum atomic E-state index is 10.4. The number of hydrogen-bond donors (Lipinski definition) is 1. The van der Waals surface area contributed by atoms with Crippen LogP contribution in [0.4, 0.5) is 0 Å². The molecule has 16 heavy (non-hydrogen) atoms. The second-order valence-electron chi connectivity index (χ2n) is 4.82. The summed E-state index contributed by atoms with van der Waals surface area (Å²) in [5, 5.41) is 10.4. The van der Waals surface area contributed by atoms with Crippen molar-refractivity contribution in [2.45, 2.75) is 45.1 Å². The highest BCUT2D eigenvalue weighted by atomic mass is 79.9. The normalized spacial score (nSPS) is 19.7. The van der Waals surface area contributed by atoms with E-state index in [2.05, 4.69) is 28.9 Å². The lowest BCUT2D eigenvalue weighted by molar-refractivity contribution is 0.0842. The van der Waals surface area contributed by atoms with Gasteiger partial charge in [0, 0.05) is 4.47 Å². The molecule has 0 spiro atoms. The number of aliphatic hydroxyl groups is 1. The van der Waals surface area contributed by atoms with E-state index in [4.69, 9.17) is 0 Å². The van der Waals surface area contributed by atoms with Crippen LogP contribution in [0.5, 0.6) is 0 Å². The van der Waals surface area contributed by atoms with Crippen LogP contribution in [0.15, 0.2) is 22.7 Å². The van der Waals surface area contributed by atoms with Crippen molar-refractivity contribution in [2.24, 2.45) is 5.92 Å². The molecule has 88 valence electrons. The standard InChI is InChI=1S/C14H19BrO/c1-10-6-5-9-12(13(10)15)14(16)11-7-3-2-4-8-11/h5-6,9,11,14,16H,2-4,7-8H2,1H3. The molecule has 0 aromatic heterocycles. The second kappa shape index (κ2) is 5.33. The van der Waals surface area contributed by atoms with Gasteiger partial charge in [0.15, 0.2) is 0 Å². The van der Waals surface area contributed by atoms with Gasteiger partial charge in [0.05, 0.1) is 6.10 Å². The first-order valence-electron chi connectivity index (χ1n) is 6.13.